The van der Waals surface area contributed by atoms with Gasteiger partial charge in [0.25, 0.3) is 0 Å². The van der Waals surface area contributed by atoms with Gasteiger partial charge in [-0.25, -0.2) is 0 Å². The van der Waals surface area contributed by atoms with Crippen molar-refractivity contribution in [2.75, 3.05) is 0 Å². The third-order valence-electron chi connectivity index (χ3n) is 13.6. The molecule has 212 valence electrons. The van der Waals surface area contributed by atoms with E-state index in [-0.39, 0.29) is 5.41 Å². The molecule has 0 nitrogen and oxygen atoms in total. The third kappa shape index (κ3) is 4.65. The van der Waals surface area contributed by atoms with Crippen molar-refractivity contribution in [1.29, 1.82) is 0 Å². The van der Waals surface area contributed by atoms with E-state index >= 15 is 0 Å². The van der Waals surface area contributed by atoms with Gasteiger partial charge in [-0.3, -0.25) is 0 Å². The van der Waals surface area contributed by atoms with E-state index in [1.807, 2.05) is 0 Å². The molecule has 4 fully saturated rings. The van der Waals surface area contributed by atoms with Crippen LogP contribution in [0.3, 0.4) is 0 Å². The molecule has 0 saturated heterocycles. The van der Waals surface area contributed by atoms with E-state index in [2.05, 4.69) is 95.3 Å². The first kappa shape index (κ1) is 27.6. The molecule has 4 aliphatic rings. The molecule has 0 aromatic heterocycles. The summed E-state index contributed by atoms with van der Waals surface area (Å²) in [6.07, 6.45) is 17.4. The molecule has 8 atom stereocenters. The molecule has 0 heterocycles. The van der Waals surface area contributed by atoms with Gasteiger partial charge in [0.05, 0.1) is 0 Å². The zero-order chi connectivity index (χ0) is 27.3. The predicted octanol–water partition coefficient (Wildman–Crippen LogP) is 11.1. The molecule has 4 aliphatic carbocycles. The Kier molecular flexibility index (Phi) is 7.56. The summed E-state index contributed by atoms with van der Waals surface area (Å²) in [4.78, 5) is 0. The van der Waals surface area contributed by atoms with Gasteiger partial charge in [0.1, 0.15) is 0 Å². The SMILES string of the molecule is CC(C)CCCC(C)C1CCC2C3CCC4CC(c5ccccc5)(c5ccccc5)CCC4(C)C3CCC12C. The summed E-state index contributed by atoms with van der Waals surface area (Å²) in [5, 5.41) is 0. The maximum Gasteiger partial charge on any atom is 0.0206 e. The first-order valence-corrected chi connectivity index (χ1v) is 16.9. The summed E-state index contributed by atoms with van der Waals surface area (Å²) in [7, 11) is 0. The van der Waals surface area contributed by atoms with Crippen molar-refractivity contribution in [2.24, 2.45) is 52.3 Å². The fourth-order valence-corrected chi connectivity index (χ4v) is 11.5. The molecule has 8 unspecified atom stereocenters. The second-order valence-electron chi connectivity index (χ2n) is 15.7. The minimum Gasteiger partial charge on any atom is -0.0628 e. The minimum absolute atomic E-state index is 0.187. The monoisotopic (exact) mass is 524 g/mol. The maximum absolute atomic E-state index is 2.76. The molecule has 0 radical (unpaired) electrons. The van der Waals surface area contributed by atoms with Crippen molar-refractivity contribution in [3.05, 3.63) is 71.8 Å². The van der Waals surface area contributed by atoms with Crippen molar-refractivity contribution in [1.82, 2.24) is 0 Å². The van der Waals surface area contributed by atoms with Crippen LogP contribution in [0.2, 0.25) is 0 Å². The molecule has 0 aliphatic heterocycles. The topological polar surface area (TPSA) is 0 Å². The second-order valence-corrected chi connectivity index (χ2v) is 15.7. The molecular formula is C39H56. The van der Waals surface area contributed by atoms with Crippen LogP contribution in [0.1, 0.15) is 123 Å². The van der Waals surface area contributed by atoms with E-state index in [1.54, 1.807) is 11.1 Å². The number of fused-ring (bicyclic) bond motifs is 5. The van der Waals surface area contributed by atoms with Gasteiger partial charge < -0.3 is 0 Å². The molecule has 0 N–H and O–H groups in total. The van der Waals surface area contributed by atoms with E-state index < -0.39 is 0 Å². The molecule has 4 saturated carbocycles. The Labute approximate surface area is 240 Å². The van der Waals surface area contributed by atoms with Gasteiger partial charge in [0, 0.05) is 5.41 Å². The Hall–Kier alpha value is -1.56. The zero-order valence-corrected chi connectivity index (χ0v) is 25.8. The van der Waals surface area contributed by atoms with E-state index in [4.69, 9.17) is 0 Å². The van der Waals surface area contributed by atoms with Gasteiger partial charge in [0.2, 0.25) is 0 Å². The highest BCUT2D eigenvalue weighted by Gasteiger charge is 2.62. The standard InChI is InChI=1S/C39H56/c1-28(2)13-12-14-29(3)34-21-22-35-33-20-19-32-27-39(30-15-8-6-9-16-30,31-17-10-7-11-18-31)26-25-37(32,4)36(33)23-24-38(34,35)5/h6-11,15-18,28-29,32-36H,12-14,19-27H2,1-5H3. The number of benzene rings is 2. The second kappa shape index (κ2) is 10.7. The Balaban J connectivity index is 1.22. The Morgan fingerprint density at radius 3 is 1.95 bits per heavy atom. The van der Waals surface area contributed by atoms with Crippen LogP contribution in [0, 0.1) is 52.3 Å². The normalized spacial score (nSPS) is 38.1. The molecule has 2 aromatic carbocycles. The van der Waals surface area contributed by atoms with Crippen LogP contribution < -0.4 is 0 Å². The van der Waals surface area contributed by atoms with Gasteiger partial charge in [0.15, 0.2) is 0 Å². The highest BCUT2D eigenvalue weighted by Crippen LogP contribution is 2.70. The quantitative estimate of drug-likeness (QED) is 0.338. The lowest BCUT2D eigenvalue weighted by Crippen LogP contribution is -2.55. The lowest BCUT2D eigenvalue weighted by Gasteiger charge is -2.63. The minimum atomic E-state index is 0.187. The first-order chi connectivity index (χ1) is 18.8. The van der Waals surface area contributed by atoms with Crippen molar-refractivity contribution >= 4 is 0 Å². The average Bonchev–Trinajstić information content (AvgIpc) is 3.31. The van der Waals surface area contributed by atoms with Crippen LogP contribution in [0.25, 0.3) is 0 Å². The largest absolute Gasteiger partial charge is 0.0628 e. The van der Waals surface area contributed by atoms with Crippen LogP contribution in [0.4, 0.5) is 0 Å². The lowest BCUT2D eigenvalue weighted by molar-refractivity contribution is -0.122. The van der Waals surface area contributed by atoms with Crippen molar-refractivity contribution in [2.45, 2.75) is 117 Å². The highest BCUT2D eigenvalue weighted by atomic mass is 14.7. The zero-order valence-electron chi connectivity index (χ0n) is 25.8. The summed E-state index contributed by atoms with van der Waals surface area (Å²) >= 11 is 0. The predicted molar refractivity (Wildman–Crippen MR) is 167 cm³/mol. The number of hydrogen-bond donors (Lipinski definition) is 0. The van der Waals surface area contributed by atoms with E-state index in [0.717, 1.165) is 41.4 Å². The smallest absolute Gasteiger partial charge is 0.0206 e. The Morgan fingerprint density at radius 2 is 1.31 bits per heavy atom. The molecule has 0 amide bonds. The third-order valence-corrected chi connectivity index (χ3v) is 13.6. The fraction of sp³-hybridized carbons (Fsp3) is 0.692. The van der Waals surface area contributed by atoms with E-state index in [0.29, 0.717) is 10.8 Å². The molecular weight excluding hydrogens is 468 g/mol. The summed E-state index contributed by atoms with van der Waals surface area (Å²) in [6.45, 7) is 12.9. The Morgan fingerprint density at radius 1 is 0.667 bits per heavy atom. The van der Waals surface area contributed by atoms with Crippen LogP contribution in [0.5, 0.6) is 0 Å². The van der Waals surface area contributed by atoms with E-state index in [1.165, 1.54) is 77.0 Å². The average molecular weight is 525 g/mol. The van der Waals surface area contributed by atoms with Gasteiger partial charge in [-0.05, 0) is 121 Å². The summed E-state index contributed by atoms with van der Waals surface area (Å²) in [5.74, 6) is 6.51. The van der Waals surface area contributed by atoms with E-state index in [9.17, 15) is 0 Å². The van der Waals surface area contributed by atoms with Gasteiger partial charge in [-0.1, -0.05) is 115 Å². The maximum atomic E-state index is 2.76. The summed E-state index contributed by atoms with van der Waals surface area (Å²) < 4.78 is 0. The lowest BCUT2D eigenvalue weighted by atomic mass is 9.42. The number of hydrogen-bond acceptors (Lipinski definition) is 0. The molecule has 2 aromatic rings. The first-order valence-electron chi connectivity index (χ1n) is 16.9. The van der Waals surface area contributed by atoms with Crippen LogP contribution in [0.15, 0.2) is 60.7 Å². The van der Waals surface area contributed by atoms with Gasteiger partial charge in [-0.2, -0.15) is 0 Å². The highest BCUT2D eigenvalue weighted by molar-refractivity contribution is 5.40. The van der Waals surface area contributed by atoms with Crippen molar-refractivity contribution < 1.29 is 0 Å². The Bertz CT molecular complexity index is 1040. The number of rotatable bonds is 7. The molecule has 6 rings (SSSR count). The van der Waals surface area contributed by atoms with Crippen molar-refractivity contribution in [3.8, 4) is 0 Å². The molecule has 0 bridgehead atoms. The molecule has 39 heavy (non-hydrogen) atoms. The molecule has 0 spiro atoms. The van der Waals surface area contributed by atoms with Gasteiger partial charge >= 0.3 is 0 Å². The molecule has 0 heteroatoms. The van der Waals surface area contributed by atoms with Crippen LogP contribution >= 0.6 is 0 Å². The summed E-state index contributed by atoms with van der Waals surface area (Å²) in [6, 6.07) is 23.2. The fourth-order valence-electron chi connectivity index (χ4n) is 11.5. The van der Waals surface area contributed by atoms with Gasteiger partial charge in [-0.15, -0.1) is 0 Å². The van der Waals surface area contributed by atoms with Crippen LogP contribution in [-0.4, -0.2) is 0 Å². The summed E-state index contributed by atoms with van der Waals surface area (Å²) in [5.41, 5.74) is 4.43. The van der Waals surface area contributed by atoms with Crippen LogP contribution in [-0.2, 0) is 5.41 Å². The van der Waals surface area contributed by atoms with Crippen molar-refractivity contribution in [3.63, 3.8) is 0 Å².